The van der Waals surface area contributed by atoms with Crippen molar-refractivity contribution < 1.29 is 0 Å². The van der Waals surface area contributed by atoms with E-state index >= 15 is 0 Å². The van der Waals surface area contributed by atoms with E-state index in [-0.39, 0.29) is 0 Å². The van der Waals surface area contributed by atoms with Gasteiger partial charge in [-0.15, -0.1) is 0 Å². The van der Waals surface area contributed by atoms with Crippen LogP contribution in [0.3, 0.4) is 0 Å². The van der Waals surface area contributed by atoms with Crippen molar-refractivity contribution in [1.29, 1.82) is 0 Å². The Labute approximate surface area is 119 Å². The SMILES string of the molecule is Cc1cc(C)c(C(C)NCCN(C)C(C)C)cc1C. The molecule has 2 nitrogen and oxygen atoms in total. The molecular weight excluding hydrogens is 232 g/mol. The average molecular weight is 262 g/mol. The van der Waals surface area contributed by atoms with Gasteiger partial charge in [-0.25, -0.2) is 0 Å². The molecule has 0 saturated heterocycles. The van der Waals surface area contributed by atoms with Gasteiger partial charge in [0.05, 0.1) is 0 Å². The van der Waals surface area contributed by atoms with E-state index in [1.807, 2.05) is 0 Å². The molecule has 0 aromatic heterocycles. The molecule has 0 heterocycles. The molecule has 0 spiro atoms. The van der Waals surface area contributed by atoms with E-state index in [9.17, 15) is 0 Å². The highest BCUT2D eigenvalue weighted by atomic mass is 15.1. The van der Waals surface area contributed by atoms with Gasteiger partial charge < -0.3 is 10.2 Å². The lowest BCUT2D eigenvalue weighted by atomic mass is 9.96. The number of nitrogens with one attached hydrogen (secondary N) is 1. The van der Waals surface area contributed by atoms with Crippen LogP contribution in [0.15, 0.2) is 12.1 Å². The minimum Gasteiger partial charge on any atom is -0.309 e. The summed E-state index contributed by atoms with van der Waals surface area (Å²) >= 11 is 0. The van der Waals surface area contributed by atoms with E-state index in [1.54, 1.807) is 0 Å². The standard InChI is InChI=1S/C17H30N2/c1-12(2)19(7)9-8-18-16(6)17-11-14(4)13(3)10-15(17)5/h10-12,16,18H,8-9H2,1-7H3. The van der Waals surface area contributed by atoms with E-state index in [0.29, 0.717) is 12.1 Å². The van der Waals surface area contributed by atoms with Crippen molar-refractivity contribution in [1.82, 2.24) is 10.2 Å². The Morgan fingerprint density at radius 1 is 1.00 bits per heavy atom. The van der Waals surface area contributed by atoms with Crippen molar-refractivity contribution in [2.75, 3.05) is 20.1 Å². The van der Waals surface area contributed by atoms with Gasteiger partial charge in [-0.3, -0.25) is 0 Å². The molecule has 0 aliphatic heterocycles. The van der Waals surface area contributed by atoms with Gasteiger partial charge >= 0.3 is 0 Å². The normalized spacial score (nSPS) is 13.3. The fourth-order valence-electron chi connectivity index (χ4n) is 2.27. The van der Waals surface area contributed by atoms with Crippen LogP contribution in [-0.2, 0) is 0 Å². The molecular formula is C17H30N2. The van der Waals surface area contributed by atoms with Crippen molar-refractivity contribution in [3.05, 3.63) is 34.4 Å². The van der Waals surface area contributed by atoms with Gasteiger partial charge in [-0.2, -0.15) is 0 Å². The first-order valence-corrected chi connectivity index (χ1v) is 7.34. The summed E-state index contributed by atoms with van der Waals surface area (Å²) in [5, 5.41) is 3.63. The minimum atomic E-state index is 0.417. The van der Waals surface area contributed by atoms with Crippen LogP contribution in [0.2, 0.25) is 0 Å². The van der Waals surface area contributed by atoms with Gasteiger partial charge in [0.1, 0.15) is 0 Å². The van der Waals surface area contributed by atoms with Crippen molar-refractivity contribution in [3.8, 4) is 0 Å². The van der Waals surface area contributed by atoms with Gasteiger partial charge in [0.2, 0.25) is 0 Å². The lowest BCUT2D eigenvalue weighted by Crippen LogP contribution is -2.34. The Hall–Kier alpha value is -0.860. The molecule has 19 heavy (non-hydrogen) atoms. The number of rotatable bonds is 6. The Morgan fingerprint density at radius 2 is 1.58 bits per heavy atom. The van der Waals surface area contributed by atoms with Gasteiger partial charge in [0.15, 0.2) is 0 Å². The number of likely N-dealkylation sites (N-methyl/N-ethyl adjacent to an activating group) is 1. The molecule has 0 radical (unpaired) electrons. The lowest BCUT2D eigenvalue weighted by molar-refractivity contribution is 0.270. The van der Waals surface area contributed by atoms with E-state index < -0.39 is 0 Å². The molecule has 0 saturated carbocycles. The van der Waals surface area contributed by atoms with Crippen LogP contribution < -0.4 is 5.32 Å². The maximum Gasteiger partial charge on any atom is 0.0295 e. The zero-order valence-electron chi connectivity index (χ0n) is 13.7. The van der Waals surface area contributed by atoms with Gasteiger partial charge in [0.25, 0.3) is 0 Å². The van der Waals surface area contributed by atoms with Gasteiger partial charge in [0, 0.05) is 25.2 Å². The molecule has 0 aliphatic carbocycles. The largest absolute Gasteiger partial charge is 0.309 e. The highest BCUT2D eigenvalue weighted by Crippen LogP contribution is 2.21. The number of hydrogen-bond acceptors (Lipinski definition) is 2. The summed E-state index contributed by atoms with van der Waals surface area (Å²) in [7, 11) is 2.18. The van der Waals surface area contributed by atoms with Crippen molar-refractivity contribution in [2.24, 2.45) is 0 Å². The summed E-state index contributed by atoms with van der Waals surface area (Å²) in [5.41, 5.74) is 5.58. The van der Waals surface area contributed by atoms with Crippen LogP contribution >= 0.6 is 0 Å². The predicted molar refractivity (Wildman–Crippen MR) is 84.8 cm³/mol. The number of nitrogens with zero attached hydrogens (tertiary/aromatic N) is 1. The summed E-state index contributed by atoms with van der Waals surface area (Å²) in [6.07, 6.45) is 0. The summed E-state index contributed by atoms with van der Waals surface area (Å²) in [6, 6.07) is 5.65. The maximum absolute atomic E-state index is 3.63. The van der Waals surface area contributed by atoms with Crippen LogP contribution in [0.1, 0.15) is 49.1 Å². The van der Waals surface area contributed by atoms with E-state index in [1.165, 1.54) is 22.3 Å². The molecule has 1 N–H and O–H groups in total. The molecule has 0 fully saturated rings. The van der Waals surface area contributed by atoms with Crippen LogP contribution in [0.25, 0.3) is 0 Å². The van der Waals surface area contributed by atoms with E-state index in [0.717, 1.165) is 13.1 Å². The van der Waals surface area contributed by atoms with Crippen LogP contribution in [0.4, 0.5) is 0 Å². The van der Waals surface area contributed by atoms with Gasteiger partial charge in [-0.1, -0.05) is 12.1 Å². The number of aryl methyl sites for hydroxylation is 3. The third-order valence-electron chi connectivity index (χ3n) is 4.15. The monoisotopic (exact) mass is 262 g/mol. The molecule has 0 bridgehead atoms. The minimum absolute atomic E-state index is 0.417. The van der Waals surface area contributed by atoms with Crippen LogP contribution in [0, 0.1) is 20.8 Å². The summed E-state index contributed by atoms with van der Waals surface area (Å²) in [6.45, 7) is 15.4. The van der Waals surface area contributed by atoms with Crippen molar-refractivity contribution >= 4 is 0 Å². The van der Waals surface area contributed by atoms with Crippen LogP contribution in [-0.4, -0.2) is 31.1 Å². The first-order chi connectivity index (χ1) is 8.82. The zero-order chi connectivity index (χ0) is 14.6. The third kappa shape index (κ3) is 4.63. The topological polar surface area (TPSA) is 15.3 Å². The maximum atomic E-state index is 3.63. The second kappa shape index (κ2) is 7.06. The number of hydrogen-bond donors (Lipinski definition) is 1. The fraction of sp³-hybridized carbons (Fsp3) is 0.647. The molecule has 0 aliphatic rings. The predicted octanol–water partition coefficient (Wildman–Crippen LogP) is 3.60. The molecule has 1 unspecified atom stereocenters. The summed E-state index contributed by atoms with van der Waals surface area (Å²) in [4.78, 5) is 2.37. The molecule has 1 atom stereocenters. The molecule has 0 amide bonds. The van der Waals surface area contributed by atoms with Crippen LogP contribution in [0.5, 0.6) is 0 Å². The quantitative estimate of drug-likeness (QED) is 0.842. The second-order valence-corrected chi connectivity index (χ2v) is 6.04. The average Bonchev–Trinajstić information content (AvgIpc) is 2.33. The molecule has 1 aromatic carbocycles. The molecule has 2 heteroatoms. The van der Waals surface area contributed by atoms with E-state index in [2.05, 4.69) is 70.9 Å². The molecule has 108 valence electrons. The van der Waals surface area contributed by atoms with Gasteiger partial charge in [-0.05, 0) is 70.8 Å². The smallest absolute Gasteiger partial charge is 0.0295 e. The Kier molecular flexibility index (Phi) is 6.02. The van der Waals surface area contributed by atoms with Crippen molar-refractivity contribution in [2.45, 2.75) is 53.6 Å². The first-order valence-electron chi connectivity index (χ1n) is 7.34. The van der Waals surface area contributed by atoms with Crippen molar-refractivity contribution in [3.63, 3.8) is 0 Å². The summed E-state index contributed by atoms with van der Waals surface area (Å²) < 4.78 is 0. The Morgan fingerprint density at radius 3 is 2.16 bits per heavy atom. The first kappa shape index (κ1) is 16.2. The summed E-state index contributed by atoms with van der Waals surface area (Å²) in [5.74, 6) is 0. The Balaban J connectivity index is 2.59. The molecule has 1 aromatic rings. The second-order valence-electron chi connectivity index (χ2n) is 6.04. The lowest BCUT2D eigenvalue weighted by Gasteiger charge is -2.23. The third-order valence-corrected chi connectivity index (χ3v) is 4.15. The highest BCUT2D eigenvalue weighted by Gasteiger charge is 2.10. The Bertz CT molecular complexity index is 410. The number of benzene rings is 1. The fourth-order valence-corrected chi connectivity index (χ4v) is 2.27. The zero-order valence-corrected chi connectivity index (χ0v) is 13.7. The highest BCUT2D eigenvalue weighted by molar-refractivity contribution is 5.37. The molecule has 1 rings (SSSR count). The van der Waals surface area contributed by atoms with E-state index in [4.69, 9.17) is 0 Å².